The Morgan fingerprint density at radius 1 is 0.800 bits per heavy atom. The molecule has 0 atom stereocenters. The molecule has 0 heterocycles. The van der Waals surface area contributed by atoms with Crippen molar-refractivity contribution in [2.45, 2.75) is 16.8 Å². The molecule has 0 aliphatic carbocycles. The average molecular weight is 360 g/mol. The van der Waals surface area contributed by atoms with Gasteiger partial charge in [0.1, 0.15) is 5.75 Å². The Bertz CT molecular complexity index is 840. The zero-order valence-electron chi connectivity index (χ0n) is 13.1. The highest BCUT2D eigenvalue weighted by atomic mass is 32.2. The molecule has 0 spiro atoms. The van der Waals surface area contributed by atoms with Gasteiger partial charge in [-0.05, 0) is 53.1 Å². The molecule has 5 heteroatoms. The van der Waals surface area contributed by atoms with Gasteiger partial charge in [-0.15, -0.1) is 11.8 Å². The van der Waals surface area contributed by atoms with Crippen LogP contribution in [0.15, 0.2) is 77.7 Å². The van der Waals surface area contributed by atoms with Gasteiger partial charge in [0.15, 0.2) is 0 Å². The van der Waals surface area contributed by atoms with Crippen LogP contribution in [-0.2, 0) is 11.9 Å². The Hall–Kier alpha value is -2.40. The fourth-order valence-corrected chi connectivity index (χ4v) is 3.24. The van der Waals surface area contributed by atoms with Gasteiger partial charge in [-0.1, -0.05) is 36.4 Å². The number of halogens is 3. The van der Waals surface area contributed by atoms with E-state index in [0.29, 0.717) is 0 Å². The second-order valence-electron chi connectivity index (χ2n) is 5.56. The summed E-state index contributed by atoms with van der Waals surface area (Å²) in [6.07, 6.45) is -4.32. The predicted molar refractivity (Wildman–Crippen MR) is 94.5 cm³/mol. The van der Waals surface area contributed by atoms with Crippen LogP contribution in [0.4, 0.5) is 13.2 Å². The molecular formula is C20H15F3OS. The van der Waals surface area contributed by atoms with Crippen molar-refractivity contribution in [3.05, 3.63) is 83.9 Å². The summed E-state index contributed by atoms with van der Waals surface area (Å²) >= 11 is 1.63. The molecule has 0 amide bonds. The number of phenolic OH excluding ortho intramolecular Hbond substituents is 1. The third-order valence-corrected chi connectivity index (χ3v) is 4.80. The Balaban J connectivity index is 1.73. The third-order valence-electron chi connectivity index (χ3n) is 3.71. The lowest BCUT2D eigenvalue weighted by atomic mass is 10.0. The van der Waals surface area contributed by atoms with Crippen LogP contribution >= 0.6 is 11.8 Å². The van der Waals surface area contributed by atoms with Crippen molar-refractivity contribution in [1.82, 2.24) is 0 Å². The molecule has 1 nitrogen and oxygen atoms in total. The summed E-state index contributed by atoms with van der Waals surface area (Å²) in [5, 5.41) is 9.29. The lowest BCUT2D eigenvalue weighted by molar-refractivity contribution is -0.137. The number of aromatic hydroxyl groups is 1. The van der Waals surface area contributed by atoms with Gasteiger partial charge in [0.2, 0.25) is 0 Å². The maximum absolute atomic E-state index is 12.7. The molecule has 0 saturated carbocycles. The smallest absolute Gasteiger partial charge is 0.416 e. The summed E-state index contributed by atoms with van der Waals surface area (Å²) < 4.78 is 38.0. The van der Waals surface area contributed by atoms with Crippen molar-refractivity contribution in [3.8, 4) is 16.9 Å². The SMILES string of the molecule is Oc1ccc(SCc2cccc(-c3ccc(C(F)(F)F)cc3)c2)cc1. The van der Waals surface area contributed by atoms with Gasteiger partial charge in [0.05, 0.1) is 5.56 Å². The van der Waals surface area contributed by atoms with Crippen molar-refractivity contribution in [2.75, 3.05) is 0 Å². The minimum Gasteiger partial charge on any atom is -0.508 e. The van der Waals surface area contributed by atoms with E-state index in [1.807, 2.05) is 36.4 Å². The zero-order chi connectivity index (χ0) is 17.9. The van der Waals surface area contributed by atoms with Crippen LogP contribution in [-0.4, -0.2) is 5.11 Å². The van der Waals surface area contributed by atoms with Crippen LogP contribution in [0, 0.1) is 0 Å². The maximum atomic E-state index is 12.7. The normalized spacial score (nSPS) is 11.5. The van der Waals surface area contributed by atoms with Crippen molar-refractivity contribution in [3.63, 3.8) is 0 Å². The van der Waals surface area contributed by atoms with E-state index in [0.717, 1.165) is 39.5 Å². The number of alkyl halides is 3. The molecule has 3 aromatic carbocycles. The van der Waals surface area contributed by atoms with Gasteiger partial charge in [0.25, 0.3) is 0 Å². The summed E-state index contributed by atoms with van der Waals surface area (Å²) in [5.74, 6) is 0.966. The Kier molecular flexibility index (Phi) is 5.04. The highest BCUT2D eigenvalue weighted by Crippen LogP contribution is 2.32. The molecule has 3 aromatic rings. The van der Waals surface area contributed by atoms with E-state index in [4.69, 9.17) is 0 Å². The number of hydrogen-bond acceptors (Lipinski definition) is 2. The molecule has 0 unspecified atom stereocenters. The Morgan fingerprint density at radius 2 is 1.48 bits per heavy atom. The summed E-state index contributed by atoms with van der Waals surface area (Å²) in [4.78, 5) is 1.04. The van der Waals surface area contributed by atoms with Crippen molar-refractivity contribution in [1.29, 1.82) is 0 Å². The molecule has 0 radical (unpaired) electrons. The summed E-state index contributed by atoms with van der Waals surface area (Å²) in [6.45, 7) is 0. The third kappa shape index (κ3) is 4.57. The van der Waals surface area contributed by atoms with Crippen molar-refractivity contribution < 1.29 is 18.3 Å². The first-order valence-corrected chi connectivity index (χ1v) is 8.59. The lowest BCUT2D eigenvalue weighted by Crippen LogP contribution is -2.03. The van der Waals surface area contributed by atoms with E-state index < -0.39 is 11.7 Å². The van der Waals surface area contributed by atoms with Gasteiger partial charge < -0.3 is 5.11 Å². The monoisotopic (exact) mass is 360 g/mol. The fraction of sp³-hybridized carbons (Fsp3) is 0.100. The molecule has 1 N–H and O–H groups in total. The van der Waals surface area contributed by atoms with Crippen LogP contribution in [0.1, 0.15) is 11.1 Å². The lowest BCUT2D eigenvalue weighted by Gasteiger charge is -2.09. The minimum absolute atomic E-state index is 0.230. The molecule has 128 valence electrons. The molecular weight excluding hydrogens is 345 g/mol. The molecule has 25 heavy (non-hydrogen) atoms. The van der Waals surface area contributed by atoms with Crippen LogP contribution in [0.3, 0.4) is 0 Å². The van der Waals surface area contributed by atoms with Crippen molar-refractivity contribution >= 4 is 11.8 Å². The zero-order valence-corrected chi connectivity index (χ0v) is 13.9. The maximum Gasteiger partial charge on any atom is 0.416 e. The van der Waals surface area contributed by atoms with Crippen LogP contribution in [0.2, 0.25) is 0 Å². The molecule has 0 aliphatic heterocycles. The molecule has 0 bridgehead atoms. The Labute approximate surface area is 148 Å². The van der Waals surface area contributed by atoms with Gasteiger partial charge in [0, 0.05) is 10.6 Å². The van der Waals surface area contributed by atoms with Gasteiger partial charge in [-0.25, -0.2) is 0 Å². The Morgan fingerprint density at radius 3 is 2.12 bits per heavy atom. The number of rotatable bonds is 4. The average Bonchev–Trinajstić information content (AvgIpc) is 2.61. The largest absolute Gasteiger partial charge is 0.508 e. The number of benzene rings is 3. The second-order valence-corrected chi connectivity index (χ2v) is 6.61. The highest BCUT2D eigenvalue weighted by Gasteiger charge is 2.29. The fourth-order valence-electron chi connectivity index (χ4n) is 2.40. The first kappa shape index (κ1) is 17.4. The molecule has 0 saturated heterocycles. The van der Waals surface area contributed by atoms with Crippen LogP contribution in [0.5, 0.6) is 5.75 Å². The summed E-state index contributed by atoms with van der Waals surface area (Å²) in [6, 6.07) is 19.9. The molecule has 3 rings (SSSR count). The van der Waals surface area contributed by atoms with Gasteiger partial charge >= 0.3 is 6.18 Å². The van der Waals surface area contributed by atoms with E-state index in [2.05, 4.69) is 0 Å². The topological polar surface area (TPSA) is 20.2 Å². The quantitative estimate of drug-likeness (QED) is 0.546. The summed E-state index contributed by atoms with van der Waals surface area (Å²) in [5.41, 5.74) is 2.08. The van der Waals surface area contributed by atoms with E-state index in [1.165, 1.54) is 12.1 Å². The van der Waals surface area contributed by atoms with Crippen LogP contribution in [0.25, 0.3) is 11.1 Å². The standard InChI is InChI=1S/C20H15F3OS/c21-20(22,23)17-6-4-15(5-7-17)16-3-1-2-14(12-16)13-25-19-10-8-18(24)9-11-19/h1-12,24H,13H2. The minimum atomic E-state index is -4.32. The predicted octanol–water partition coefficient (Wildman–Crippen LogP) is 6.37. The van der Waals surface area contributed by atoms with Gasteiger partial charge in [-0.3, -0.25) is 0 Å². The molecule has 0 fully saturated rings. The van der Waals surface area contributed by atoms with E-state index in [-0.39, 0.29) is 5.75 Å². The highest BCUT2D eigenvalue weighted by molar-refractivity contribution is 7.98. The van der Waals surface area contributed by atoms with E-state index in [1.54, 1.807) is 23.9 Å². The van der Waals surface area contributed by atoms with Crippen molar-refractivity contribution in [2.24, 2.45) is 0 Å². The van der Waals surface area contributed by atoms with E-state index in [9.17, 15) is 18.3 Å². The molecule has 0 aromatic heterocycles. The van der Waals surface area contributed by atoms with Crippen LogP contribution < -0.4 is 0 Å². The second kappa shape index (κ2) is 7.23. The van der Waals surface area contributed by atoms with Gasteiger partial charge in [-0.2, -0.15) is 13.2 Å². The number of thioether (sulfide) groups is 1. The first-order chi connectivity index (χ1) is 11.9. The molecule has 0 aliphatic rings. The van der Waals surface area contributed by atoms with E-state index >= 15 is 0 Å². The summed E-state index contributed by atoms with van der Waals surface area (Å²) in [7, 11) is 0. The number of hydrogen-bond donors (Lipinski definition) is 1. The first-order valence-electron chi connectivity index (χ1n) is 7.60. The number of phenols is 1.